The van der Waals surface area contributed by atoms with E-state index in [-0.39, 0.29) is 19.0 Å². The van der Waals surface area contributed by atoms with Crippen molar-refractivity contribution in [3.8, 4) is 0 Å². The second-order valence-corrected chi connectivity index (χ2v) is 4.73. The molecule has 0 saturated carbocycles. The molecule has 0 bridgehead atoms. The molecule has 0 aromatic heterocycles. The molecule has 1 saturated heterocycles. The molecular formula is C11H20F2N2O. The van der Waals surface area contributed by atoms with Gasteiger partial charge in [-0.2, -0.15) is 0 Å². The smallest absolute Gasteiger partial charge is 0.256 e. The fourth-order valence-corrected chi connectivity index (χ4v) is 2.05. The van der Waals surface area contributed by atoms with E-state index in [0.29, 0.717) is 6.42 Å². The number of piperidine rings is 1. The number of halogens is 2. The molecule has 1 unspecified atom stereocenters. The first-order valence-electron chi connectivity index (χ1n) is 5.72. The van der Waals surface area contributed by atoms with E-state index in [4.69, 9.17) is 5.73 Å². The summed E-state index contributed by atoms with van der Waals surface area (Å²) >= 11 is 0. The zero-order chi connectivity index (χ0) is 12.5. The third kappa shape index (κ3) is 2.34. The molecule has 3 nitrogen and oxygen atoms in total. The number of rotatable bonds is 2. The van der Waals surface area contributed by atoms with Gasteiger partial charge in [-0.3, -0.25) is 4.79 Å². The van der Waals surface area contributed by atoms with E-state index < -0.39 is 23.8 Å². The molecule has 1 aliphatic heterocycles. The van der Waals surface area contributed by atoms with E-state index in [1.807, 2.05) is 6.92 Å². The third-order valence-corrected chi connectivity index (χ3v) is 3.37. The summed E-state index contributed by atoms with van der Waals surface area (Å²) in [5.74, 6) is -4.50. The highest BCUT2D eigenvalue weighted by molar-refractivity contribution is 5.81. The molecule has 0 spiro atoms. The van der Waals surface area contributed by atoms with Gasteiger partial charge in [0.25, 0.3) is 5.92 Å². The lowest BCUT2D eigenvalue weighted by Crippen LogP contribution is -2.56. The fraction of sp³-hybridized carbons (Fsp3) is 0.909. The van der Waals surface area contributed by atoms with Crippen LogP contribution in [0, 0.1) is 11.8 Å². The van der Waals surface area contributed by atoms with Crippen LogP contribution in [-0.4, -0.2) is 35.9 Å². The Hall–Kier alpha value is -0.710. The minimum absolute atomic E-state index is 0.101. The van der Waals surface area contributed by atoms with Crippen LogP contribution >= 0.6 is 0 Å². The molecule has 5 heteroatoms. The van der Waals surface area contributed by atoms with Gasteiger partial charge in [0.05, 0.1) is 6.04 Å². The molecule has 0 aliphatic carbocycles. The third-order valence-electron chi connectivity index (χ3n) is 3.37. The van der Waals surface area contributed by atoms with Gasteiger partial charge in [0.15, 0.2) is 0 Å². The SMILES string of the molecule is CCC(N)C(=O)N1C[C@@H](C)C(F)(F)[C@@H](C)C1. The Morgan fingerprint density at radius 3 is 2.25 bits per heavy atom. The summed E-state index contributed by atoms with van der Waals surface area (Å²) < 4.78 is 27.1. The van der Waals surface area contributed by atoms with E-state index in [1.54, 1.807) is 0 Å². The second-order valence-electron chi connectivity index (χ2n) is 4.73. The van der Waals surface area contributed by atoms with Crippen LogP contribution in [0.15, 0.2) is 0 Å². The van der Waals surface area contributed by atoms with Crippen molar-refractivity contribution in [3.05, 3.63) is 0 Å². The van der Waals surface area contributed by atoms with Gasteiger partial charge in [0.1, 0.15) is 0 Å². The topological polar surface area (TPSA) is 46.3 Å². The van der Waals surface area contributed by atoms with Crippen LogP contribution in [0.1, 0.15) is 27.2 Å². The maximum absolute atomic E-state index is 13.5. The molecule has 3 atom stereocenters. The molecular weight excluding hydrogens is 214 g/mol. The summed E-state index contributed by atoms with van der Waals surface area (Å²) in [6.07, 6.45) is 0.536. The van der Waals surface area contributed by atoms with Crippen LogP contribution in [0.25, 0.3) is 0 Å². The summed E-state index contributed by atoms with van der Waals surface area (Å²) in [6, 6.07) is -0.564. The van der Waals surface area contributed by atoms with Crippen molar-refractivity contribution in [2.45, 2.75) is 39.2 Å². The molecule has 94 valence electrons. The standard InChI is InChI=1S/C11H20F2N2O/c1-4-9(14)10(16)15-5-7(2)11(12,13)8(3)6-15/h7-9H,4-6,14H2,1-3H3/t7-,8+,9?. The summed E-state index contributed by atoms with van der Waals surface area (Å²) in [5, 5.41) is 0. The van der Waals surface area contributed by atoms with Crippen molar-refractivity contribution in [1.82, 2.24) is 4.90 Å². The summed E-state index contributed by atoms with van der Waals surface area (Å²) in [6.45, 7) is 4.97. The molecule has 0 aromatic carbocycles. The Labute approximate surface area is 95.0 Å². The van der Waals surface area contributed by atoms with Gasteiger partial charge in [-0.25, -0.2) is 8.78 Å². The Morgan fingerprint density at radius 1 is 1.44 bits per heavy atom. The summed E-state index contributed by atoms with van der Waals surface area (Å²) in [4.78, 5) is 13.3. The highest BCUT2D eigenvalue weighted by atomic mass is 19.3. The average molecular weight is 234 g/mol. The van der Waals surface area contributed by atoms with E-state index in [1.165, 1.54) is 18.7 Å². The Bertz CT molecular complexity index is 257. The minimum Gasteiger partial charge on any atom is -0.340 e. The number of hydrogen-bond donors (Lipinski definition) is 1. The normalized spacial score (nSPS) is 31.2. The first kappa shape index (κ1) is 13.4. The number of carbonyl (C=O) groups excluding carboxylic acids is 1. The van der Waals surface area contributed by atoms with Gasteiger partial charge < -0.3 is 10.6 Å². The summed E-state index contributed by atoms with van der Waals surface area (Å²) in [5.41, 5.74) is 5.63. The molecule has 0 radical (unpaired) electrons. The van der Waals surface area contributed by atoms with Gasteiger partial charge in [0, 0.05) is 24.9 Å². The molecule has 16 heavy (non-hydrogen) atoms. The Morgan fingerprint density at radius 2 is 1.88 bits per heavy atom. The van der Waals surface area contributed by atoms with Gasteiger partial charge in [0.2, 0.25) is 5.91 Å². The van der Waals surface area contributed by atoms with Gasteiger partial charge in [-0.15, -0.1) is 0 Å². The van der Waals surface area contributed by atoms with Crippen LogP contribution in [0.5, 0.6) is 0 Å². The minimum atomic E-state index is -2.69. The van der Waals surface area contributed by atoms with Crippen LogP contribution in [0.3, 0.4) is 0 Å². The number of nitrogens with two attached hydrogens (primary N) is 1. The molecule has 2 N–H and O–H groups in total. The van der Waals surface area contributed by atoms with E-state index in [0.717, 1.165) is 0 Å². The maximum Gasteiger partial charge on any atom is 0.256 e. The maximum atomic E-state index is 13.5. The first-order valence-corrected chi connectivity index (χ1v) is 5.72. The largest absolute Gasteiger partial charge is 0.340 e. The molecule has 1 fully saturated rings. The van der Waals surface area contributed by atoms with Gasteiger partial charge in [-0.1, -0.05) is 20.8 Å². The zero-order valence-electron chi connectivity index (χ0n) is 10.0. The van der Waals surface area contributed by atoms with Crippen molar-refractivity contribution in [1.29, 1.82) is 0 Å². The van der Waals surface area contributed by atoms with Crippen LogP contribution < -0.4 is 5.73 Å². The second kappa shape index (κ2) is 4.65. The molecule has 1 amide bonds. The highest BCUT2D eigenvalue weighted by Gasteiger charge is 2.48. The van der Waals surface area contributed by atoms with Crippen molar-refractivity contribution in [2.24, 2.45) is 17.6 Å². The number of hydrogen-bond acceptors (Lipinski definition) is 2. The van der Waals surface area contributed by atoms with E-state index in [2.05, 4.69) is 0 Å². The lowest BCUT2D eigenvalue weighted by atomic mass is 9.87. The Balaban J connectivity index is 2.71. The van der Waals surface area contributed by atoms with Gasteiger partial charge >= 0.3 is 0 Å². The van der Waals surface area contributed by atoms with Gasteiger partial charge in [-0.05, 0) is 6.42 Å². The van der Waals surface area contributed by atoms with Crippen LogP contribution in [-0.2, 0) is 4.79 Å². The molecule has 1 rings (SSSR count). The molecule has 0 aromatic rings. The van der Waals surface area contributed by atoms with E-state index >= 15 is 0 Å². The number of alkyl halides is 2. The van der Waals surface area contributed by atoms with E-state index in [9.17, 15) is 13.6 Å². The zero-order valence-corrected chi connectivity index (χ0v) is 10.0. The van der Waals surface area contributed by atoms with Crippen molar-refractivity contribution in [3.63, 3.8) is 0 Å². The molecule has 1 heterocycles. The number of nitrogens with zero attached hydrogens (tertiary/aromatic N) is 1. The molecule has 1 aliphatic rings. The highest BCUT2D eigenvalue weighted by Crippen LogP contribution is 2.37. The number of likely N-dealkylation sites (tertiary alicyclic amines) is 1. The van der Waals surface area contributed by atoms with Crippen LogP contribution in [0.4, 0.5) is 8.78 Å². The first-order chi connectivity index (χ1) is 7.30. The lowest BCUT2D eigenvalue weighted by Gasteiger charge is -2.41. The predicted octanol–water partition coefficient (Wildman–Crippen LogP) is 1.47. The monoisotopic (exact) mass is 234 g/mol. The average Bonchev–Trinajstić information content (AvgIpc) is 2.23. The number of carbonyl (C=O) groups is 1. The van der Waals surface area contributed by atoms with Crippen molar-refractivity contribution < 1.29 is 13.6 Å². The summed E-state index contributed by atoms with van der Waals surface area (Å²) in [7, 11) is 0. The quantitative estimate of drug-likeness (QED) is 0.786. The Kier molecular flexibility index (Phi) is 3.88. The fourth-order valence-electron chi connectivity index (χ4n) is 2.05. The number of amides is 1. The van der Waals surface area contributed by atoms with Crippen molar-refractivity contribution >= 4 is 5.91 Å². The predicted molar refractivity (Wildman–Crippen MR) is 58.1 cm³/mol. The van der Waals surface area contributed by atoms with Crippen LogP contribution in [0.2, 0.25) is 0 Å². The lowest BCUT2D eigenvalue weighted by molar-refractivity contribution is -0.159. The van der Waals surface area contributed by atoms with Crippen molar-refractivity contribution in [2.75, 3.05) is 13.1 Å².